The fourth-order valence-corrected chi connectivity index (χ4v) is 7.07. The standard InChI is InChI=1S/C45H54N8O7/c1-26(2)18-36-43(57)51-37(20-29-14-16-33(60-6)17-15-29)42(56)48-28(5)41(55)52-39(27(3)4)24-53(45(59)31-11-9-10-30(19-31)22-46)25-40(54)49-38(44(58)50-36)21-32-23-47-35-13-8-7-12-34(32)35/h7-17,19,23,26-28,36-39,47H,18,20-21,24-25H2,1-6H3,(H,48,56)(H,49,54)(H,50,58)(H,51,57)(H,52,55)/t28-,36+,37+,38-,39-/m1/s1. The third kappa shape index (κ3) is 11.7. The summed E-state index contributed by atoms with van der Waals surface area (Å²) in [4.78, 5) is 89.2. The van der Waals surface area contributed by atoms with Crippen molar-refractivity contribution in [1.29, 1.82) is 5.26 Å². The maximum Gasteiger partial charge on any atom is 0.254 e. The highest BCUT2D eigenvalue weighted by molar-refractivity contribution is 5.99. The van der Waals surface area contributed by atoms with Crippen molar-refractivity contribution in [3.63, 3.8) is 0 Å². The van der Waals surface area contributed by atoms with Crippen LogP contribution in [0.1, 0.15) is 68.1 Å². The van der Waals surface area contributed by atoms with Crippen molar-refractivity contribution in [2.75, 3.05) is 20.2 Å². The van der Waals surface area contributed by atoms with E-state index in [4.69, 9.17) is 4.74 Å². The number of nitrogens with zero attached hydrogens (tertiary/aromatic N) is 2. The van der Waals surface area contributed by atoms with E-state index in [1.807, 2.05) is 58.0 Å². The third-order valence-electron chi connectivity index (χ3n) is 10.5. The summed E-state index contributed by atoms with van der Waals surface area (Å²) in [6, 6.07) is 17.3. The summed E-state index contributed by atoms with van der Waals surface area (Å²) in [6.07, 6.45) is 2.03. The second-order valence-corrected chi connectivity index (χ2v) is 16.0. The number of hydrogen-bond donors (Lipinski definition) is 6. The number of ether oxygens (including phenoxy) is 1. The van der Waals surface area contributed by atoms with Gasteiger partial charge in [-0.25, -0.2) is 0 Å². The van der Waals surface area contributed by atoms with E-state index in [0.717, 1.165) is 16.5 Å². The molecule has 1 fully saturated rings. The average Bonchev–Trinajstić information content (AvgIpc) is 3.64. The molecule has 5 atom stereocenters. The van der Waals surface area contributed by atoms with Crippen LogP contribution in [0, 0.1) is 23.2 Å². The summed E-state index contributed by atoms with van der Waals surface area (Å²) >= 11 is 0. The van der Waals surface area contributed by atoms with Crippen LogP contribution in [0.5, 0.6) is 5.75 Å². The molecule has 2 heterocycles. The monoisotopic (exact) mass is 818 g/mol. The predicted octanol–water partition coefficient (Wildman–Crippen LogP) is 3.14. The summed E-state index contributed by atoms with van der Waals surface area (Å²) < 4.78 is 5.29. The molecule has 6 amide bonds. The molecule has 316 valence electrons. The largest absolute Gasteiger partial charge is 0.497 e. The number of rotatable bonds is 9. The van der Waals surface area contributed by atoms with Gasteiger partial charge in [0.15, 0.2) is 0 Å². The second-order valence-electron chi connectivity index (χ2n) is 16.0. The Kier molecular flexibility index (Phi) is 15.0. The molecule has 0 saturated carbocycles. The van der Waals surface area contributed by atoms with Crippen LogP contribution in [0.2, 0.25) is 0 Å². The summed E-state index contributed by atoms with van der Waals surface area (Å²) in [5, 5.41) is 24.6. The molecular formula is C45H54N8O7. The van der Waals surface area contributed by atoms with Crippen molar-refractivity contribution in [3.05, 3.63) is 101 Å². The Hall–Kier alpha value is -6.69. The van der Waals surface area contributed by atoms with Gasteiger partial charge in [0.05, 0.1) is 25.3 Å². The van der Waals surface area contributed by atoms with Gasteiger partial charge >= 0.3 is 0 Å². The average molecular weight is 819 g/mol. The molecule has 1 saturated heterocycles. The van der Waals surface area contributed by atoms with Crippen molar-refractivity contribution in [2.24, 2.45) is 11.8 Å². The molecule has 0 bridgehead atoms. The van der Waals surface area contributed by atoms with Crippen molar-refractivity contribution < 1.29 is 33.5 Å². The van der Waals surface area contributed by atoms with E-state index in [2.05, 4.69) is 31.6 Å². The number of H-pyrrole nitrogens is 1. The molecule has 1 aliphatic rings. The first kappa shape index (κ1) is 44.4. The number of fused-ring (bicyclic) bond motifs is 1. The SMILES string of the molecule is COc1ccc(C[C@@H]2NC(=O)[C@H](CC(C)C)NC(=O)[C@@H](Cc3c[nH]c4ccccc34)NC(=O)CN(C(=O)c3cccc(C#N)c3)C[C@H](C(C)C)NC(=O)[C@@H](C)NC2=O)cc1. The van der Waals surface area contributed by atoms with Crippen LogP contribution in [0.25, 0.3) is 10.9 Å². The maximum absolute atomic E-state index is 14.4. The number of methoxy groups -OCH3 is 1. The molecule has 0 radical (unpaired) electrons. The molecule has 0 spiro atoms. The number of carbonyl (C=O) groups excluding carboxylic acids is 6. The van der Waals surface area contributed by atoms with Gasteiger partial charge in [-0.1, -0.05) is 64.1 Å². The molecule has 15 nitrogen and oxygen atoms in total. The lowest BCUT2D eigenvalue weighted by atomic mass is 9.99. The minimum Gasteiger partial charge on any atom is -0.497 e. The molecule has 3 aromatic carbocycles. The van der Waals surface area contributed by atoms with E-state index in [1.54, 1.807) is 42.6 Å². The third-order valence-corrected chi connectivity index (χ3v) is 10.5. The van der Waals surface area contributed by atoms with Crippen LogP contribution in [0.15, 0.2) is 79.0 Å². The number of nitrogens with one attached hydrogen (secondary N) is 6. The van der Waals surface area contributed by atoms with Gasteiger partial charge < -0.3 is 41.2 Å². The van der Waals surface area contributed by atoms with Crippen LogP contribution < -0.4 is 31.3 Å². The van der Waals surface area contributed by atoms with Crippen molar-refractivity contribution in [3.8, 4) is 11.8 Å². The first-order valence-corrected chi connectivity index (χ1v) is 20.1. The van der Waals surface area contributed by atoms with Gasteiger partial charge in [0.25, 0.3) is 5.91 Å². The summed E-state index contributed by atoms with van der Waals surface area (Å²) in [7, 11) is 1.54. The van der Waals surface area contributed by atoms with Gasteiger partial charge in [-0.15, -0.1) is 0 Å². The van der Waals surface area contributed by atoms with Crippen LogP contribution in [0.4, 0.5) is 0 Å². The van der Waals surface area contributed by atoms with Gasteiger partial charge in [-0.3, -0.25) is 28.8 Å². The number of para-hydroxylation sites is 1. The number of carbonyl (C=O) groups is 6. The fraction of sp³-hybridized carbons (Fsp3) is 0.400. The summed E-state index contributed by atoms with van der Waals surface area (Å²) in [5.74, 6) is -3.43. The zero-order valence-corrected chi connectivity index (χ0v) is 34.8. The number of hydrogen-bond acceptors (Lipinski definition) is 8. The number of aromatic amines is 1. The van der Waals surface area contributed by atoms with Crippen molar-refractivity contribution in [2.45, 2.75) is 84.1 Å². The Bertz CT molecular complexity index is 2230. The quantitative estimate of drug-likeness (QED) is 0.147. The highest BCUT2D eigenvalue weighted by atomic mass is 16.5. The Balaban J connectivity index is 1.56. The second kappa shape index (κ2) is 20.3. The lowest BCUT2D eigenvalue weighted by Crippen LogP contribution is -2.60. The van der Waals surface area contributed by atoms with Crippen LogP contribution >= 0.6 is 0 Å². The Morgan fingerprint density at radius 3 is 2.15 bits per heavy atom. The molecule has 60 heavy (non-hydrogen) atoms. The van der Waals surface area contributed by atoms with E-state index >= 15 is 0 Å². The van der Waals surface area contributed by atoms with Crippen molar-refractivity contribution >= 4 is 46.3 Å². The summed E-state index contributed by atoms with van der Waals surface area (Å²) in [6.45, 7) is 8.33. The first-order valence-electron chi connectivity index (χ1n) is 20.1. The van der Waals surface area contributed by atoms with Gasteiger partial charge in [0, 0.05) is 48.1 Å². The Morgan fingerprint density at radius 2 is 1.47 bits per heavy atom. The molecule has 4 aromatic rings. The lowest BCUT2D eigenvalue weighted by molar-refractivity contribution is -0.135. The van der Waals surface area contributed by atoms with Gasteiger partial charge in [0.1, 0.15) is 29.9 Å². The topological polar surface area (TPSA) is 215 Å². The van der Waals surface area contributed by atoms with E-state index in [1.165, 1.54) is 31.1 Å². The molecule has 0 unspecified atom stereocenters. The van der Waals surface area contributed by atoms with E-state index < -0.39 is 72.2 Å². The van der Waals surface area contributed by atoms with Crippen LogP contribution in [0.3, 0.4) is 0 Å². The number of nitriles is 1. The Labute approximate surface area is 350 Å². The number of aromatic nitrogens is 1. The number of benzene rings is 3. The van der Waals surface area contributed by atoms with Crippen molar-refractivity contribution in [1.82, 2.24) is 36.5 Å². The van der Waals surface area contributed by atoms with E-state index in [-0.39, 0.29) is 48.8 Å². The normalized spacial score (nSPS) is 21.2. The maximum atomic E-state index is 14.4. The Morgan fingerprint density at radius 1 is 0.800 bits per heavy atom. The summed E-state index contributed by atoms with van der Waals surface area (Å²) in [5.41, 5.74) is 2.64. The molecule has 0 aliphatic carbocycles. The lowest BCUT2D eigenvalue weighted by Gasteiger charge is -2.32. The zero-order chi connectivity index (χ0) is 43.5. The first-order chi connectivity index (χ1) is 28.6. The predicted molar refractivity (Wildman–Crippen MR) is 225 cm³/mol. The molecule has 1 aromatic heterocycles. The smallest absolute Gasteiger partial charge is 0.254 e. The zero-order valence-electron chi connectivity index (χ0n) is 34.8. The minimum absolute atomic E-state index is 0.0286. The molecule has 6 N–H and O–H groups in total. The van der Waals surface area contributed by atoms with Crippen LogP contribution in [-0.2, 0) is 36.8 Å². The molecule has 1 aliphatic heterocycles. The molecule has 15 heteroatoms. The molecular weight excluding hydrogens is 765 g/mol. The molecule has 5 rings (SSSR count). The van der Waals surface area contributed by atoms with Gasteiger partial charge in [0.2, 0.25) is 29.5 Å². The highest BCUT2D eigenvalue weighted by Crippen LogP contribution is 2.20. The van der Waals surface area contributed by atoms with E-state index in [0.29, 0.717) is 11.3 Å². The van der Waals surface area contributed by atoms with Gasteiger partial charge in [-0.05, 0) is 72.7 Å². The minimum atomic E-state index is -1.21. The highest BCUT2D eigenvalue weighted by Gasteiger charge is 2.34. The van der Waals surface area contributed by atoms with Gasteiger partial charge in [-0.2, -0.15) is 5.26 Å². The number of amides is 6. The fourth-order valence-electron chi connectivity index (χ4n) is 7.07. The van der Waals surface area contributed by atoms with Crippen LogP contribution in [-0.4, -0.2) is 95.7 Å². The van der Waals surface area contributed by atoms with E-state index in [9.17, 15) is 34.0 Å².